The van der Waals surface area contributed by atoms with Crippen LogP contribution in [0.1, 0.15) is 16.1 Å². The second-order valence-electron chi connectivity index (χ2n) is 2.06. The fourth-order valence-electron chi connectivity index (χ4n) is 0.707. The molecule has 0 amide bonds. The van der Waals surface area contributed by atoms with E-state index in [1.165, 1.54) is 0 Å². The number of hydrogen-bond donors (Lipinski definition) is 0. The molecule has 0 aliphatic heterocycles. The number of aryl methyl sites for hydroxylation is 1. The normalized spacial score (nSPS) is 9.73. The molecule has 0 saturated heterocycles. The number of rotatable bonds is 1. The SMILES string of the molecule is Cc1ncc(Br)cc1C(=O)Cl. The number of aromatic nitrogens is 1. The Balaban J connectivity index is 3.23. The molecule has 0 N–H and O–H groups in total. The number of hydrogen-bond acceptors (Lipinski definition) is 2. The van der Waals surface area contributed by atoms with Crippen molar-refractivity contribution in [2.75, 3.05) is 0 Å². The Kier molecular flexibility index (Phi) is 2.62. The smallest absolute Gasteiger partial charge is 0.254 e. The monoisotopic (exact) mass is 233 g/mol. The van der Waals surface area contributed by atoms with Crippen molar-refractivity contribution in [2.45, 2.75) is 6.92 Å². The van der Waals surface area contributed by atoms with E-state index < -0.39 is 5.24 Å². The quantitative estimate of drug-likeness (QED) is 0.699. The standard InChI is InChI=1S/C7H5BrClNO/c1-4-6(7(9)11)2-5(8)3-10-4/h2-3H,1H3. The molecule has 0 bridgehead atoms. The summed E-state index contributed by atoms with van der Waals surface area (Å²) >= 11 is 8.47. The molecule has 1 aromatic heterocycles. The summed E-state index contributed by atoms with van der Waals surface area (Å²) in [6.07, 6.45) is 1.62. The van der Waals surface area contributed by atoms with Crippen molar-refractivity contribution >= 4 is 32.8 Å². The van der Waals surface area contributed by atoms with Crippen LogP contribution in [0.3, 0.4) is 0 Å². The average molecular weight is 234 g/mol. The van der Waals surface area contributed by atoms with Gasteiger partial charge < -0.3 is 0 Å². The summed E-state index contributed by atoms with van der Waals surface area (Å²) in [4.78, 5) is 14.7. The van der Waals surface area contributed by atoms with Crippen molar-refractivity contribution in [1.29, 1.82) is 0 Å². The number of carbonyl (C=O) groups excluding carboxylic acids is 1. The van der Waals surface area contributed by atoms with Crippen molar-refractivity contribution in [1.82, 2.24) is 4.98 Å². The molecule has 0 aliphatic rings. The van der Waals surface area contributed by atoms with Gasteiger partial charge in [-0.2, -0.15) is 0 Å². The second kappa shape index (κ2) is 3.32. The predicted octanol–water partition coefficient (Wildman–Crippen LogP) is 2.53. The van der Waals surface area contributed by atoms with Crippen molar-refractivity contribution in [3.8, 4) is 0 Å². The first-order chi connectivity index (χ1) is 5.11. The van der Waals surface area contributed by atoms with E-state index in [-0.39, 0.29) is 0 Å². The summed E-state index contributed by atoms with van der Waals surface area (Å²) in [5.41, 5.74) is 1.09. The predicted molar refractivity (Wildman–Crippen MR) is 46.9 cm³/mol. The fourth-order valence-corrected chi connectivity index (χ4v) is 1.23. The van der Waals surface area contributed by atoms with Gasteiger partial charge in [0.05, 0.1) is 5.56 Å². The highest BCUT2D eigenvalue weighted by Crippen LogP contribution is 2.14. The van der Waals surface area contributed by atoms with Gasteiger partial charge in [-0.1, -0.05) is 0 Å². The second-order valence-corrected chi connectivity index (χ2v) is 3.32. The van der Waals surface area contributed by atoms with E-state index in [0.717, 1.165) is 4.47 Å². The first kappa shape index (κ1) is 8.68. The van der Waals surface area contributed by atoms with Crippen LogP contribution in [0.5, 0.6) is 0 Å². The maximum absolute atomic E-state index is 10.7. The average Bonchev–Trinajstić information content (AvgIpc) is 1.94. The highest BCUT2D eigenvalue weighted by Gasteiger charge is 2.06. The van der Waals surface area contributed by atoms with Crippen LogP contribution in [0.2, 0.25) is 0 Å². The molecule has 0 atom stereocenters. The van der Waals surface area contributed by atoms with Crippen molar-refractivity contribution in [3.63, 3.8) is 0 Å². The van der Waals surface area contributed by atoms with Gasteiger partial charge in [0.1, 0.15) is 0 Å². The van der Waals surface area contributed by atoms with Crippen LogP contribution >= 0.6 is 27.5 Å². The molecule has 0 saturated carbocycles. The third kappa shape index (κ3) is 2.01. The van der Waals surface area contributed by atoms with Crippen molar-refractivity contribution in [3.05, 3.63) is 28.0 Å². The first-order valence-corrected chi connectivity index (χ1v) is 4.10. The van der Waals surface area contributed by atoms with Gasteiger partial charge in [-0.15, -0.1) is 0 Å². The number of nitrogens with zero attached hydrogens (tertiary/aromatic N) is 1. The zero-order valence-corrected chi connectivity index (χ0v) is 8.11. The molecular formula is C7H5BrClNO. The van der Waals surface area contributed by atoms with Gasteiger partial charge >= 0.3 is 0 Å². The zero-order valence-electron chi connectivity index (χ0n) is 5.77. The largest absolute Gasteiger partial charge is 0.276 e. The van der Waals surface area contributed by atoms with Gasteiger partial charge in [0.15, 0.2) is 0 Å². The zero-order chi connectivity index (χ0) is 8.43. The minimum atomic E-state index is -0.476. The molecule has 1 heterocycles. The Morgan fingerprint density at radius 3 is 2.82 bits per heavy atom. The Bertz CT molecular complexity index is 300. The van der Waals surface area contributed by atoms with E-state index in [1.54, 1.807) is 19.2 Å². The topological polar surface area (TPSA) is 30.0 Å². The number of pyridine rings is 1. The fraction of sp³-hybridized carbons (Fsp3) is 0.143. The molecular weight excluding hydrogens is 229 g/mol. The molecule has 4 heteroatoms. The van der Waals surface area contributed by atoms with Gasteiger partial charge in [0.25, 0.3) is 5.24 Å². The summed E-state index contributed by atoms with van der Waals surface area (Å²) < 4.78 is 0.757. The summed E-state index contributed by atoms with van der Waals surface area (Å²) in [7, 11) is 0. The molecule has 0 fully saturated rings. The Labute approximate surface area is 77.7 Å². The van der Waals surface area contributed by atoms with Crippen LogP contribution in [0.25, 0.3) is 0 Å². The van der Waals surface area contributed by atoms with Crippen LogP contribution < -0.4 is 0 Å². The Morgan fingerprint density at radius 1 is 1.73 bits per heavy atom. The minimum Gasteiger partial charge on any atom is -0.276 e. The van der Waals surface area contributed by atoms with Gasteiger partial charge in [-0.3, -0.25) is 9.78 Å². The maximum atomic E-state index is 10.7. The van der Waals surface area contributed by atoms with E-state index in [1.807, 2.05) is 0 Å². The van der Waals surface area contributed by atoms with Crippen LogP contribution in [0, 0.1) is 6.92 Å². The summed E-state index contributed by atoms with van der Waals surface area (Å²) in [5, 5.41) is -0.476. The number of halogens is 2. The van der Waals surface area contributed by atoms with Gasteiger partial charge in [-0.25, -0.2) is 0 Å². The molecule has 2 nitrogen and oxygen atoms in total. The van der Waals surface area contributed by atoms with Crippen LogP contribution in [0.4, 0.5) is 0 Å². The highest BCUT2D eigenvalue weighted by atomic mass is 79.9. The Morgan fingerprint density at radius 2 is 2.36 bits per heavy atom. The molecule has 0 radical (unpaired) electrons. The van der Waals surface area contributed by atoms with Crippen LogP contribution in [-0.2, 0) is 0 Å². The van der Waals surface area contributed by atoms with Gasteiger partial charge in [0, 0.05) is 16.4 Å². The maximum Gasteiger partial charge on any atom is 0.254 e. The van der Waals surface area contributed by atoms with Gasteiger partial charge in [0.2, 0.25) is 0 Å². The van der Waals surface area contributed by atoms with E-state index >= 15 is 0 Å². The first-order valence-electron chi connectivity index (χ1n) is 2.93. The molecule has 0 aromatic carbocycles. The lowest BCUT2D eigenvalue weighted by Crippen LogP contribution is -1.95. The van der Waals surface area contributed by atoms with Crippen LogP contribution in [0.15, 0.2) is 16.7 Å². The molecule has 0 aliphatic carbocycles. The minimum absolute atomic E-state index is 0.445. The highest BCUT2D eigenvalue weighted by molar-refractivity contribution is 9.10. The molecule has 0 spiro atoms. The van der Waals surface area contributed by atoms with Gasteiger partial charge in [-0.05, 0) is 40.5 Å². The molecule has 1 rings (SSSR count). The Hall–Kier alpha value is -0.410. The van der Waals surface area contributed by atoms with Crippen LogP contribution in [-0.4, -0.2) is 10.2 Å². The summed E-state index contributed by atoms with van der Waals surface area (Å²) in [6, 6.07) is 1.65. The number of carbonyl (C=O) groups is 1. The lowest BCUT2D eigenvalue weighted by Gasteiger charge is -1.98. The lowest BCUT2D eigenvalue weighted by atomic mass is 10.2. The van der Waals surface area contributed by atoms with E-state index in [9.17, 15) is 4.79 Å². The summed E-state index contributed by atoms with van der Waals surface area (Å²) in [6.45, 7) is 1.74. The summed E-state index contributed by atoms with van der Waals surface area (Å²) in [5.74, 6) is 0. The third-order valence-corrected chi connectivity index (χ3v) is 1.90. The lowest BCUT2D eigenvalue weighted by molar-refractivity contribution is 0.108. The van der Waals surface area contributed by atoms with Crippen molar-refractivity contribution in [2.24, 2.45) is 0 Å². The van der Waals surface area contributed by atoms with E-state index in [2.05, 4.69) is 20.9 Å². The van der Waals surface area contributed by atoms with E-state index in [4.69, 9.17) is 11.6 Å². The van der Waals surface area contributed by atoms with Crippen molar-refractivity contribution < 1.29 is 4.79 Å². The molecule has 11 heavy (non-hydrogen) atoms. The molecule has 58 valence electrons. The third-order valence-electron chi connectivity index (χ3n) is 1.27. The molecule has 1 aromatic rings. The van der Waals surface area contributed by atoms with E-state index in [0.29, 0.717) is 11.3 Å². The molecule has 0 unspecified atom stereocenters.